The first-order chi connectivity index (χ1) is 7.04. The first-order valence-corrected chi connectivity index (χ1v) is 5.87. The number of likely N-dealkylation sites (N-methyl/N-ethyl adjacent to an activating group) is 1. The normalized spacial score (nSPS) is 11.8. The van der Waals surface area contributed by atoms with Gasteiger partial charge in [0.15, 0.2) is 0 Å². The van der Waals surface area contributed by atoms with Crippen LogP contribution in [-0.2, 0) is 11.2 Å². The van der Waals surface area contributed by atoms with Crippen LogP contribution in [0.3, 0.4) is 0 Å². The van der Waals surface area contributed by atoms with E-state index in [4.69, 9.17) is 5.73 Å². The Labute approximate surface area is 107 Å². The van der Waals surface area contributed by atoms with E-state index in [1.807, 2.05) is 26.0 Å². The summed E-state index contributed by atoms with van der Waals surface area (Å²) in [5, 5.41) is 0. The van der Waals surface area contributed by atoms with Crippen molar-refractivity contribution in [1.29, 1.82) is 0 Å². The van der Waals surface area contributed by atoms with Gasteiger partial charge >= 0.3 is 0 Å². The van der Waals surface area contributed by atoms with Gasteiger partial charge in [0.2, 0.25) is 5.91 Å². The van der Waals surface area contributed by atoms with Gasteiger partial charge in [-0.2, -0.15) is 0 Å². The van der Waals surface area contributed by atoms with E-state index in [0.29, 0.717) is 13.0 Å². The molecule has 1 aromatic rings. The molecule has 0 bridgehead atoms. The summed E-state index contributed by atoms with van der Waals surface area (Å²) in [7, 11) is 1.81. The fourth-order valence-corrected chi connectivity index (χ4v) is 2.14. The van der Waals surface area contributed by atoms with Gasteiger partial charge in [-0.05, 0) is 26.0 Å². The van der Waals surface area contributed by atoms with Gasteiger partial charge in [0.1, 0.15) is 0 Å². The second-order valence-electron chi connectivity index (χ2n) is 3.78. The van der Waals surface area contributed by atoms with Crippen molar-refractivity contribution < 1.29 is 4.79 Å². The van der Waals surface area contributed by atoms with Crippen LogP contribution in [0.4, 0.5) is 0 Å². The highest BCUT2D eigenvalue weighted by molar-refractivity contribution is 7.12. The molecule has 0 saturated carbocycles. The Kier molecular flexibility index (Phi) is 6.64. The Hall–Kier alpha value is -0.580. The van der Waals surface area contributed by atoms with Gasteiger partial charge in [-0.1, -0.05) is 0 Å². The largest absolute Gasteiger partial charge is 0.341 e. The number of carbonyl (C=O) groups is 1. The van der Waals surface area contributed by atoms with Crippen LogP contribution in [0, 0.1) is 6.92 Å². The number of nitrogens with two attached hydrogens (primary N) is 1. The van der Waals surface area contributed by atoms with Crippen molar-refractivity contribution in [1.82, 2.24) is 4.90 Å². The lowest BCUT2D eigenvalue weighted by molar-refractivity contribution is -0.130. The molecular formula is C11H19ClN2OS. The van der Waals surface area contributed by atoms with E-state index < -0.39 is 0 Å². The van der Waals surface area contributed by atoms with E-state index in [1.165, 1.54) is 4.88 Å². The summed E-state index contributed by atoms with van der Waals surface area (Å²) in [4.78, 5) is 15.9. The molecule has 0 aromatic carbocycles. The maximum atomic E-state index is 11.8. The summed E-state index contributed by atoms with van der Waals surface area (Å²) in [5.74, 6) is 0.134. The molecule has 1 rings (SSSR count). The lowest BCUT2D eigenvalue weighted by Gasteiger charge is -2.23. The van der Waals surface area contributed by atoms with Crippen LogP contribution in [-0.4, -0.2) is 30.4 Å². The second kappa shape index (κ2) is 6.89. The third-order valence-electron chi connectivity index (χ3n) is 2.52. The highest BCUT2D eigenvalue weighted by Crippen LogP contribution is 2.16. The Morgan fingerprint density at radius 1 is 1.56 bits per heavy atom. The van der Waals surface area contributed by atoms with Crippen molar-refractivity contribution in [2.24, 2.45) is 5.73 Å². The van der Waals surface area contributed by atoms with Gasteiger partial charge in [0.25, 0.3) is 0 Å². The van der Waals surface area contributed by atoms with Crippen molar-refractivity contribution in [2.45, 2.75) is 26.3 Å². The van der Waals surface area contributed by atoms with Crippen LogP contribution < -0.4 is 5.73 Å². The highest BCUT2D eigenvalue weighted by Gasteiger charge is 2.15. The summed E-state index contributed by atoms with van der Waals surface area (Å²) >= 11 is 1.67. The molecular weight excluding hydrogens is 244 g/mol. The molecule has 0 radical (unpaired) electrons. The number of carbonyl (C=O) groups excluding carboxylic acids is 1. The molecule has 0 saturated heterocycles. The zero-order valence-electron chi connectivity index (χ0n) is 9.90. The molecule has 0 fully saturated rings. The summed E-state index contributed by atoms with van der Waals surface area (Å²) in [6, 6.07) is 4.16. The lowest BCUT2D eigenvalue weighted by atomic mass is 10.2. The smallest absolute Gasteiger partial charge is 0.227 e. The molecule has 16 heavy (non-hydrogen) atoms. The zero-order valence-corrected chi connectivity index (χ0v) is 11.5. The minimum absolute atomic E-state index is 0. The number of thiophene rings is 1. The van der Waals surface area contributed by atoms with Gasteiger partial charge < -0.3 is 10.6 Å². The molecule has 1 heterocycles. The van der Waals surface area contributed by atoms with Crippen LogP contribution in [0.25, 0.3) is 0 Å². The molecule has 0 aliphatic rings. The van der Waals surface area contributed by atoms with Gasteiger partial charge in [0.05, 0.1) is 6.42 Å². The third-order valence-corrected chi connectivity index (χ3v) is 3.52. The molecule has 92 valence electrons. The number of rotatable bonds is 4. The molecule has 3 nitrogen and oxygen atoms in total. The predicted octanol–water partition coefficient (Wildman–Crippen LogP) is 1.83. The number of aryl methyl sites for hydroxylation is 1. The van der Waals surface area contributed by atoms with Gasteiger partial charge in [-0.3, -0.25) is 4.79 Å². The van der Waals surface area contributed by atoms with E-state index >= 15 is 0 Å². The van der Waals surface area contributed by atoms with E-state index in [1.54, 1.807) is 23.3 Å². The molecule has 5 heteroatoms. The maximum Gasteiger partial charge on any atom is 0.227 e. The number of amides is 1. The Morgan fingerprint density at radius 3 is 2.62 bits per heavy atom. The van der Waals surface area contributed by atoms with Crippen molar-refractivity contribution >= 4 is 29.7 Å². The standard InChI is InChI=1S/C11H18N2OS.ClH/c1-8(7-12)13(3)11(14)6-10-5-4-9(2)15-10;/h4-5,8H,6-7,12H2,1-3H3;1H. The lowest BCUT2D eigenvalue weighted by Crippen LogP contribution is -2.40. The molecule has 1 aromatic heterocycles. The average Bonchev–Trinajstić information content (AvgIpc) is 2.61. The first-order valence-electron chi connectivity index (χ1n) is 5.05. The zero-order chi connectivity index (χ0) is 11.4. The van der Waals surface area contributed by atoms with Crippen molar-refractivity contribution in [3.63, 3.8) is 0 Å². The molecule has 0 spiro atoms. The van der Waals surface area contributed by atoms with E-state index in [2.05, 4.69) is 0 Å². The van der Waals surface area contributed by atoms with Crippen LogP contribution in [0.15, 0.2) is 12.1 Å². The summed E-state index contributed by atoms with van der Waals surface area (Å²) in [6.45, 7) is 4.51. The summed E-state index contributed by atoms with van der Waals surface area (Å²) in [5.41, 5.74) is 5.52. The van der Waals surface area contributed by atoms with Crippen LogP contribution in [0.2, 0.25) is 0 Å². The minimum Gasteiger partial charge on any atom is -0.341 e. The Bertz CT molecular complexity index is 340. The quantitative estimate of drug-likeness (QED) is 0.900. The number of hydrogen-bond donors (Lipinski definition) is 1. The van der Waals surface area contributed by atoms with Gasteiger partial charge in [-0.15, -0.1) is 23.7 Å². The van der Waals surface area contributed by atoms with E-state index in [9.17, 15) is 4.79 Å². The van der Waals surface area contributed by atoms with E-state index in [0.717, 1.165) is 4.88 Å². The number of nitrogens with zero attached hydrogens (tertiary/aromatic N) is 1. The average molecular weight is 263 g/mol. The minimum atomic E-state index is 0. The number of halogens is 1. The summed E-state index contributed by atoms with van der Waals surface area (Å²) in [6.07, 6.45) is 0.485. The van der Waals surface area contributed by atoms with Crippen LogP contribution in [0.1, 0.15) is 16.7 Å². The Balaban J connectivity index is 0.00000225. The second-order valence-corrected chi connectivity index (χ2v) is 5.15. The first kappa shape index (κ1) is 15.4. The summed E-state index contributed by atoms with van der Waals surface area (Å²) < 4.78 is 0. The monoisotopic (exact) mass is 262 g/mol. The molecule has 1 amide bonds. The van der Waals surface area contributed by atoms with E-state index in [-0.39, 0.29) is 24.4 Å². The molecule has 1 unspecified atom stereocenters. The third kappa shape index (κ3) is 4.12. The van der Waals surface area contributed by atoms with Crippen LogP contribution >= 0.6 is 23.7 Å². The van der Waals surface area contributed by atoms with Gasteiger partial charge in [0, 0.05) is 29.4 Å². The predicted molar refractivity (Wildman–Crippen MR) is 71.3 cm³/mol. The highest BCUT2D eigenvalue weighted by atomic mass is 35.5. The molecule has 0 aliphatic heterocycles. The Morgan fingerprint density at radius 2 is 2.19 bits per heavy atom. The fraction of sp³-hybridized carbons (Fsp3) is 0.545. The van der Waals surface area contributed by atoms with Crippen molar-refractivity contribution in [2.75, 3.05) is 13.6 Å². The van der Waals surface area contributed by atoms with Crippen molar-refractivity contribution in [3.8, 4) is 0 Å². The number of hydrogen-bond acceptors (Lipinski definition) is 3. The topological polar surface area (TPSA) is 46.3 Å². The molecule has 1 atom stereocenters. The maximum absolute atomic E-state index is 11.8. The molecule has 2 N–H and O–H groups in total. The van der Waals surface area contributed by atoms with Gasteiger partial charge in [-0.25, -0.2) is 0 Å². The van der Waals surface area contributed by atoms with Crippen LogP contribution in [0.5, 0.6) is 0 Å². The molecule has 0 aliphatic carbocycles. The fourth-order valence-electron chi connectivity index (χ4n) is 1.26. The SMILES string of the molecule is Cc1ccc(CC(=O)N(C)C(C)CN)s1.Cl. The van der Waals surface area contributed by atoms with Crippen molar-refractivity contribution in [3.05, 3.63) is 21.9 Å².